The fourth-order valence-electron chi connectivity index (χ4n) is 3.56. The van der Waals surface area contributed by atoms with Crippen LogP contribution in [-0.4, -0.2) is 61.8 Å². The Kier molecular flexibility index (Phi) is 6.99. The van der Waals surface area contributed by atoms with Crippen LogP contribution in [0.4, 0.5) is 5.69 Å². The number of fused-ring (bicyclic) bond motifs is 1. The summed E-state index contributed by atoms with van der Waals surface area (Å²) in [6, 6.07) is 13.2. The number of amides is 1. The van der Waals surface area contributed by atoms with Gasteiger partial charge in [0.2, 0.25) is 0 Å². The molecule has 32 heavy (non-hydrogen) atoms. The molecule has 3 heterocycles. The summed E-state index contributed by atoms with van der Waals surface area (Å²) in [6.45, 7) is 2.00. The highest BCUT2D eigenvalue weighted by atomic mass is 32.1. The van der Waals surface area contributed by atoms with E-state index in [2.05, 4.69) is 17.3 Å². The van der Waals surface area contributed by atoms with E-state index in [0.29, 0.717) is 39.1 Å². The molecule has 2 aromatic heterocycles. The summed E-state index contributed by atoms with van der Waals surface area (Å²) >= 11 is 1.20. The van der Waals surface area contributed by atoms with Crippen molar-refractivity contribution in [1.82, 2.24) is 9.88 Å². The number of rotatable bonds is 8. The van der Waals surface area contributed by atoms with Crippen molar-refractivity contribution in [2.45, 2.75) is 19.0 Å². The quantitative estimate of drug-likeness (QED) is 0.521. The average molecular weight is 456 g/mol. The predicted octanol–water partition coefficient (Wildman–Crippen LogP) is 3.32. The van der Waals surface area contributed by atoms with Gasteiger partial charge in [-0.05, 0) is 37.7 Å². The van der Waals surface area contributed by atoms with Gasteiger partial charge < -0.3 is 19.5 Å². The first kappa shape index (κ1) is 22.2. The van der Waals surface area contributed by atoms with E-state index >= 15 is 0 Å². The largest absolute Gasteiger partial charge is 0.484 e. The number of aromatic nitrogens is 1. The highest BCUT2D eigenvalue weighted by molar-refractivity contribution is 7.21. The number of para-hydroxylation sites is 1. The lowest BCUT2D eigenvalue weighted by atomic mass is 10.2. The number of hydrogen-bond acceptors (Lipinski definition) is 8. The lowest BCUT2D eigenvalue weighted by molar-refractivity contribution is -0.118. The van der Waals surface area contributed by atoms with E-state index in [1.807, 2.05) is 30.3 Å². The minimum Gasteiger partial charge on any atom is -0.484 e. The average Bonchev–Trinajstić information content (AvgIpc) is 3.46. The van der Waals surface area contributed by atoms with E-state index in [1.54, 1.807) is 12.1 Å². The zero-order valence-electron chi connectivity index (χ0n) is 18.0. The Morgan fingerprint density at radius 1 is 1.25 bits per heavy atom. The Balaban J connectivity index is 1.53. The van der Waals surface area contributed by atoms with Gasteiger partial charge in [-0.25, -0.2) is 9.78 Å². The number of nitrogens with one attached hydrogen (secondary N) is 1. The molecule has 3 aromatic rings. The molecule has 1 aliphatic rings. The van der Waals surface area contributed by atoms with E-state index in [9.17, 15) is 9.59 Å². The van der Waals surface area contributed by atoms with Crippen LogP contribution in [0, 0.1) is 0 Å². The zero-order chi connectivity index (χ0) is 22.5. The number of carbonyl (C=O) groups excluding carboxylic acids is 2. The lowest BCUT2D eigenvalue weighted by Gasteiger charge is -2.22. The molecule has 1 N–H and O–H groups in total. The summed E-state index contributed by atoms with van der Waals surface area (Å²) in [5.41, 5.74) is 1.28. The second-order valence-corrected chi connectivity index (χ2v) is 8.53. The zero-order valence-corrected chi connectivity index (χ0v) is 18.8. The summed E-state index contributed by atoms with van der Waals surface area (Å²) in [6.07, 6.45) is 1.01. The third-order valence-corrected chi connectivity index (χ3v) is 6.38. The Morgan fingerprint density at radius 2 is 2.06 bits per heavy atom. The van der Waals surface area contributed by atoms with Gasteiger partial charge in [0.15, 0.2) is 6.61 Å². The van der Waals surface area contributed by atoms with Crippen molar-refractivity contribution < 1.29 is 23.8 Å². The van der Waals surface area contributed by atoms with Gasteiger partial charge in [-0.3, -0.25) is 9.69 Å². The fraction of sp³-hybridized carbons (Fsp3) is 0.348. The first-order valence-corrected chi connectivity index (χ1v) is 11.1. The molecule has 1 saturated heterocycles. The molecular formula is C23H25N3O5S. The number of pyridine rings is 1. The van der Waals surface area contributed by atoms with Gasteiger partial charge in [0.05, 0.1) is 25.1 Å². The maximum atomic E-state index is 12.5. The van der Waals surface area contributed by atoms with Crippen LogP contribution in [0.15, 0.2) is 42.5 Å². The van der Waals surface area contributed by atoms with Gasteiger partial charge in [0.1, 0.15) is 15.5 Å². The minimum absolute atomic E-state index is 0.179. The summed E-state index contributed by atoms with van der Waals surface area (Å²) < 4.78 is 15.9. The Hall–Kier alpha value is -3.01. The van der Waals surface area contributed by atoms with Crippen LogP contribution >= 0.6 is 11.3 Å². The lowest BCUT2D eigenvalue weighted by Crippen LogP contribution is -2.31. The Bertz CT molecular complexity index is 1100. The molecule has 0 bridgehead atoms. The second-order valence-electron chi connectivity index (χ2n) is 7.54. The molecule has 4 rings (SSSR count). The molecule has 0 unspecified atom stereocenters. The number of hydrogen-bond donors (Lipinski definition) is 1. The molecule has 168 valence electrons. The summed E-state index contributed by atoms with van der Waals surface area (Å²) in [4.78, 5) is 32.8. The molecular weight excluding hydrogens is 430 g/mol. The van der Waals surface area contributed by atoms with E-state index in [4.69, 9.17) is 19.2 Å². The van der Waals surface area contributed by atoms with Crippen molar-refractivity contribution >= 4 is 39.1 Å². The molecule has 1 aliphatic heterocycles. The van der Waals surface area contributed by atoms with Crippen LogP contribution < -0.4 is 10.1 Å². The van der Waals surface area contributed by atoms with Crippen molar-refractivity contribution in [3.63, 3.8) is 0 Å². The van der Waals surface area contributed by atoms with E-state index in [0.717, 1.165) is 25.3 Å². The number of ether oxygens (including phenoxy) is 3. The molecule has 9 heteroatoms. The predicted molar refractivity (Wildman–Crippen MR) is 122 cm³/mol. The van der Waals surface area contributed by atoms with Crippen molar-refractivity contribution in [1.29, 1.82) is 0 Å². The number of thiophene rings is 1. The third kappa shape index (κ3) is 5.07. The molecule has 0 radical (unpaired) electrons. The highest BCUT2D eigenvalue weighted by Gasteiger charge is 2.24. The molecule has 0 spiro atoms. The van der Waals surface area contributed by atoms with Crippen LogP contribution in [0.5, 0.6) is 5.75 Å². The van der Waals surface area contributed by atoms with Gasteiger partial charge >= 0.3 is 5.97 Å². The number of likely N-dealkylation sites (N-methyl/N-ethyl adjacent to an activating group) is 1. The number of methoxy groups -OCH3 is 1. The standard InChI is InChI=1S/C23H25N3O5S/c1-26(16-10-11-30-13-16)12-15-8-9-18-20(21(23(28)29-2)32-22(18)24-15)25-19(27)14-31-17-6-4-3-5-7-17/h3-9,16H,10-14H2,1-2H3,(H,25,27)/t16-/m1/s1. The van der Waals surface area contributed by atoms with Crippen LogP contribution in [-0.2, 0) is 20.8 Å². The first-order chi connectivity index (χ1) is 15.5. The van der Waals surface area contributed by atoms with Crippen molar-refractivity contribution in [2.24, 2.45) is 0 Å². The molecule has 0 aliphatic carbocycles. The number of anilines is 1. The van der Waals surface area contributed by atoms with E-state index < -0.39 is 5.97 Å². The van der Waals surface area contributed by atoms with Crippen LogP contribution in [0.2, 0.25) is 0 Å². The van der Waals surface area contributed by atoms with Gasteiger partial charge in [0, 0.05) is 24.6 Å². The molecule has 1 amide bonds. The third-order valence-electron chi connectivity index (χ3n) is 5.30. The van der Waals surface area contributed by atoms with Crippen LogP contribution in [0.25, 0.3) is 10.2 Å². The van der Waals surface area contributed by atoms with Gasteiger partial charge in [-0.2, -0.15) is 0 Å². The van der Waals surface area contributed by atoms with Crippen molar-refractivity contribution in [3.05, 3.63) is 53.0 Å². The summed E-state index contributed by atoms with van der Waals surface area (Å²) in [7, 11) is 3.37. The topological polar surface area (TPSA) is 90.0 Å². The molecule has 1 aromatic carbocycles. The minimum atomic E-state index is -0.519. The number of esters is 1. The van der Waals surface area contributed by atoms with Gasteiger partial charge in [0.25, 0.3) is 5.91 Å². The number of nitrogens with zero attached hydrogens (tertiary/aromatic N) is 2. The van der Waals surface area contributed by atoms with Crippen LogP contribution in [0.1, 0.15) is 21.8 Å². The second kappa shape index (κ2) is 10.1. The monoisotopic (exact) mass is 455 g/mol. The van der Waals surface area contributed by atoms with E-state index in [-0.39, 0.29) is 12.5 Å². The fourth-order valence-corrected chi connectivity index (χ4v) is 4.63. The molecule has 0 saturated carbocycles. The molecule has 1 atom stereocenters. The van der Waals surface area contributed by atoms with E-state index in [1.165, 1.54) is 18.4 Å². The smallest absolute Gasteiger partial charge is 0.350 e. The Morgan fingerprint density at radius 3 is 2.78 bits per heavy atom. The normalized spacial score (nSPS) is 15.8. The Labute approximate surface area is 190 Å². The van der Waals surface area contributed by atoms with Crippen molar-refractivity contribution in [2.75, 3.05) is 39.3 Å². The molecule has 8 nitrogen and oxygen atoms in total. The van der Waals surface area contributed by atoms with Crippen molar-refractivity contribution in [3.8, 4) is 5.75 Å². The summed E-state index contributed by atoms with van der Waals surface area (Å²) in [5, 5.41) is 3.50. The van der Waals surface area contributed by atoms with Gasteiger partial charge in [-0.1, -0.05) is 18.2 Å². The molecule has 1 fully saturated rings. The maximum absolute atomic E-state index is 12.5. The van der Waals surface area contributed by atoms with Crippen LogP contribution in [0.3, 0.4) is 0 Å². The summed E-state index contributed by atoms with van der Waals surface area (Å²) in [5.74, 6) is -0.299. The maximum Gasteiger partial charge on any atom is 0.350 e. The van der Waals surface area contributed by atoms with Gasteiger partial charge in [-0.15, -0.1) is 11.3 Å². The number of carbonyl (C=O) groups is 2. The number of benzene rings is 1. The first-order valence-electron chi connectivity index (χ1n) is 10.3. The highest BCUT2D eigenvalue weighted by Crippen LogP contribution is 2.35. The SMILES string of the molecule is COC(=O)c1sc2nc(CN(C)[C@@H]3CCOC3)ccc2c1NC(=O)COc1ccccc1.